The van der Waals surface area contributed by atoms with Crippen molar-refractivity contribution in [2.45, 2.75) is 10.6 Å². The summed E-state index contributed by atoms with van der Waals surface area (Å²) >= 11 is 13.5. The number of nitrogens with one attached hydrogen (secondary N) is 1. The fraction of sp³-hybridized carbons (Fsp3) is 0.0714. The van der Waals surface area contributed by atoms with Crippen LogP contribution >= 0.6 is 35.0 Å². The van der Waals surface area contributed by atoms with Gasteiger partial charge in [-0.3, -0.25) is 5.41 Å². The van der Waals surface area contributed by atoms with Gasteiger partial charge in [0.2, 0.25) is 0 Å². The van der Waals surface area contributed by atoms with E-state index >= 15 is 0 Å². The van der Waals surface area contributed by atoms with Crippen LogP contribution in [-0.4, -0.2) is 5.84 Å². The van der Waals surface area contributed by atoms with Crippen molar-refractivity contribution < 1.29 is 0 Å². The molecule has 0 saturated heterocycles. The minimum absolute atomic E-state index is 0.0846. The maximum absolute atomic E-state index is 7.42. The van der Waals surface area contributed by atoms with E-state index in [1.165, 1.54) is 0 Å². The lowest BCUT2D eigenvalue weighted by Crippen LogP contribution is -2.10. The molecule has 2 aromatic rings. The Balaban J connectivity index is 2.07. The van der Waals surface area contributed by atoms with Crippen molar-refractivity contribution in [2.24, 2.45) is 5.73 Å². The molecule has 2 nitrogen and oxygen atoms in total. The van der Waals surface area contributed by atoms with Gasteiger partial charge in [0, 0.05) is 16.2 Å². The first-order valence-electron chi connectivity index (χ1n) is 5.57. The van der Waals surface area contributed by atoms with E-state index in [4.69, 9.17) is 34.3 Å². The molecule has 19 heavy (non-hydrogen) atoms. The normalized spacial score (nSPS) is 10.4. The molecule has 0 spiro atoms. The molecule has 3 N–H and O–H groups in total. The van der Waals surface area contributed by atoms with Crippen molar-refractivity contribution in [3.05, 3.63) is 63.6 Å². The zero-order valence-electron chi connectivity index (χ0n) is 9.99. The first kappa shape index (κ1) is 14.3. The number of nitrogen functional groups attached to an aromatic ring is 1. The molecule has 0 aliphatic carbocycles. The smallest absolute Gasteiger partial charge is 0.122 e. The molecule has 0 aliphatic rings. The van der Waals surface area contributed by atoms with Gasteiger partial charge in [-0.15, -0.1) is 11.8 Å². The number of hydrogen-bond donors (Lipinski definition) is 2. The lowest BCUT2D eigenvalue weighted by atomic mass is 10.1. The minimum Gasteiger partial charge on any atom is -0.384 e. The molecule has 0 atom stereocenters. The fourth-order valence-electron chi connectivity index (χ4n) is 1.56. The van der Waals surface area contributed by atoms with E-state index in [0.29, 0.717) is 10.0 Å². The summed E-state index contributed by atoms with van der Waals surface area (Å²) in [6.45, 7) is 0. The lowest BCUT2D eigenvalue weighted by molar-refractivity contribution is 1.35. The first-order valence-corrected chi connectivity index (χ1v) is 7.31. The quantitative estimate of drug-likeness (QED) is 0.494. The number of halogens is 2. The first-order chi connectivity index (χ1) is 9.06. The van der Waals surface area contributed by atoms with Gasteiger partial charge in [0.05, 0.1) is 10.0 Å². The molecule has 5 heteroatoms. The van der Waals surface area contributed by atoms with Gasteiger partial charge >= 0.3 is 0 Å². The summed E-state index contributed by atoms with van der Waals surface area (Å²) in [5, 5.41) is 8.54. The van der Waals surface area contributed by atoms with Crippen LogP contribution in [0.1, 0.15) is 11.1 Å². The molecule has 0 unspecified atom stereocenters. The van der Waals surface area contributed by atoms with Gasteiger partial charge in [-0.05, 0) is 29.8 Å². The van der Waals surface area contributed by atoms with Crippen LogP contribution in [0.25, 0.3) is 0 Å². The van der Waals surface area contributed by atoms with E-state index in [1.807, 2.05) is 36.4 Å². The molecule has 0 bridgehead atoms. The van der Waals surface area contributed by atoms with Crippen LogP contribution in [0.15, 0.2) is 47.4 Å². The van der Waals surface area contributed by atoms with E-state index in [9.17, 15) is 0 Å². The van der Waals surface area contributed by atoms with Crippen molar-refractivity contribution in [1.82, 2.24) is 0 Å². The summed E-state index contributed by atoms with van der Waals surface area (Å²) in [4.78, 5) is 1.06. The van der Waals surface area contributed by atoms with Crippen molar-refractivity contribution in [3.63, 3.8) is 0 Å². The van der Waals surface area contributed by atoms with Crippen LogP contribution in [0.4, 0.5) is 0 Å². The van der Waals surface area contributed by atoms with E-state index in [2.05, 4.69) is 0 Å². The average Bonchev–Trinajstić information content (AvgIpc) is 2.40. The number of benzene rings is 2. The summed E-state index contributed by atoms with van der Waals surface area (Å²) in [5.41, 5.74) is 7.33. The third-order valence-electron chi connectivity index (χ3n) is 2.53. The Morgan fingerprint density at radius 3 is 2.58 bits per heavy atom. The molecule has 0 radical (unpaired) electrons. The van der Waals surface area contributed by atoms with E-state index < -0.39 is 0 Å². The van der Waals surface area contributed by atoms with Gasteiger partial charge in [-0.1, -0.05) is 41.4 Å². The maximum atomic E-state index is 7.42. The van der Waals surface area contributed by atoms with Crippen LogP contribution in [0.3, 0.4) is 0 Å². The van der Waals surface area contributed by atoms with Crippen LogP contribution in [0, 0.1) is 5.41 Å². The Labute approximate surface area is 126 Å². The zero-order valence-corrected chi connectivity index (χ0v) is 12.3. The Morgan fingerprint density at radius 2 is 1.89 bits per heavy atom. The predicted molar refractivity (Wildman–Crippen MR) is 83.5 cm³/mol. The van der Waals surface area contributed by atoms with Gasteiger partial charge in [-0.25, -0.2) is 0 Å². The lowest BCUT2D eigenvalue weighted by Gasteiger charge is -2.05. The highest BCUT2D eigenvalue weighted by atomic mass is 35.5. The topological polar surface area (TPSA) is 49.9 Å². The second-order valence-electron chi connectivity index (χ2n) is 3.98. The number of nitrogens with two attached hydrogens (primary N) is 1. The molecule has 0 aliphatic heterocycles. The SMILES string of the molecule is N=C(N)c1cccc(CSc2ccc(Cl)c(Cl)c2)c1. The highest BCUT2D eigenvalue weighted by Gasteiger charge is 2.02. The van der Waals surface area contributed by atoms with E-state index in [0.717, 1.165) is 21.8 Å². The number of hydrogen-bond acceptors (Lipinski definition) is 2. The molecular weight excluding hydrogens is 299 g/mol. The van der Waals surface area contributed by atoms with Gasteiger partial charge < -0.3 is 5.73 Å². The molecule has 0 fully saturated rings. The van der Waals surface area contributed by atoms with Crippen molar-refractivity contribution >= 4 is 40.8 Å². The number of thioether (sulfide) groups is 1. The minimum atomic E-state index is 0.0846. The molecule has 2 rings (SSSR count). The molecule has 0 heterocycles. The Kier molecular flexibility index (Phi) is 4.75. The summed E-state index contributed by atoms with van der Waals surface area (Å²) < 4.78 is 0. The fourth-order valence-corrected chi connectivity index (χ4v) is 2.80. The van der Waals surface area contributed by atoms with Gasteiger partial charge in [0.15, 0.2) is 0 Å². The van der Waals surface area contributed by atoms with Gasteiger partial charge in [0.1, 0.15) is 5.84 Å². The summed E-state index contributed by atoms with van der Waals surface area (Å²) in [7, 11) is 0. The van der Waals surface area contributed by atoms with E-state index in [-0.39, 0.29) is 5.84 Å². The molecular formula is C14H12Cl2N2S. The summed E-state index contributed by atoms with van der Waals surface area (Å²) in [5.74, 6) is 0.875. The Hall–Kier alpha value is -1.16. The zero-order chi connectivity index (χ0) is 13.8. The van der Waals surface area contributed by atoms with Crippen molar-refractivity contribution in [2.75, 3.05) is 0 Å². The maximum Gasteiger partial charge on any atom is 0.122 e. The Morgan fingerprint density at radius 1 is 1.11 bits per heavy atom. The predicted octanol–water partition coefficient (Wildman–Crippen LogP) is 4.57. The second-order valence-corrected chi connectivity index (χ2v) is 5.84. The largest absolute Gasteiger partial charge is 0.384 e. The highest BCUT2D eigenvalue weighted by molar-refractivity contribution is 7.98. The third-order valence-corrected chi connectivity index (χ3v) is 4.34. The van der Waals surface area contributed by atoms with Crippen molar-refractivity contribution in [1.29, 1.82) is 5.41 Å². The average molecular weight is 311 g/mol. The van der Waals surface area contributed by atoms with Crippen LogP contribution in [0.2, 0.25) is 10.0 Å². The Bertz CT molecular complexity index is 614. The molecule has 2 aromatic carbocycles. The molecule has 98 valence electrons. The summed E-state index contributed by atoms with van der Waals surface area (Å²) in [6, 6.07) is 13.2. The second kappa shape index (κ2) is 6.33. The standard InChI is InChI=1S/C14H12Cl2N2S/c15-12-5-4-11(7-13(12)16)19-8-9-2-1-3-10(6-9)14(17)18/h1-7H,8H2,(H3,17,18). The van der Waals surface area contributed by atoms with Gasteiger partial charge in [0.25, 0.3) is 0 Å². The van der Waals surface area contributed by atoms with Crippen LogP contribution in [0.5, 0.6) is 0 Å². The monoisotopic (exact) mass is 310 g/mol. The molecule has 0 aromatic heterocycles. The van der Waals surface area contributed by atoms with Crippen LogP contribution < -0.4 is 5.73 Å². The molecule has 0 saturated carbocycles. The van der Waals surface area contributed by atoms with Crippen LogP contribution in [-0.2, 0) is 5.75 Å². The van der Waals surface area contributed by atoms with Crippen molar-refractivity contribution in [3.8, 4) is 0 Å². The summed E-state index contributed by atoms with van der Waals surface area (Å²) in [6.07, 6.45) is 0. The van der Waals surface area contributed by atoms with E-state index in [1.54, 1.807) is 17.8 Å². The molecule has 0 amide bonds. The van der Waals surface area contributed by atoms with Gasteiger partial charge in [-0.2, -0.15) is 0 Å². The number of amidine groups is 1. The third kappa shape index (κ3) is 3.90. The highest BCUT2D eigenvalue weighted by Crippen LogP contribution is 2.29. The number of rotatable bonds is 4.